The predicted octanol–water partition coefficient (Wildman–Crippen LogP) is 4.05. The van der Waals surface area contributed by atoms with Gasteiger partial charge in [0.1, 0.15) is 5.75 Å². The van der Waals surface area contributed by atoms with Crippen LogP contribution in [0.2, 0.25) is 10.0 Å². The molecule has 22 heavy (non-hydrogen) atoms. The monoisotopic (exact) mass is 338 g/mol. The maximum absolute atomic E-state index is 11.0. The Labute approximate surface area is 139 Å². The van der Waals surface area contributed by atoms with Crippen LogP contribution in [0, 0.1) is 12.3 Å². The van der Waals surface area contributed by atoms with Gasteiger partial charge in [-0.25, -0.2) is 0 Å². The highest BCUT2D eigenvalue weighted by Gasteiger charge is 2.04. The zero-order valence-corrected chi connectivity index (χ0v) is 13.7. The quantitative estimate of drug-likeness (QED) is 0.722. The molecule has 0 aromatic heterocycles. The molecule has 0 aliphatic carbocycles. The Morgan fingerprint density at radius 1 is 1.23 bits per heavy atom. The highest BCUT2D eigenvalue weighted by atomic mass is 35.5. The topological polar surface area (TPSA) is 73.2 Å². The van der Waals surface area contributed by atoms with Crippen molar-refractivity contribution in [3.8, 4) is 5.75 Å². The average Bonchev–Trinajstić information content (AvgIpc) is 2.51. The minimum absolute atomic E-state index is 0.0370. The standard InChI is InChI=1S/C9H11NO.C7H5Cl2NO/c1-7-3-5-8(6-4-7)9(11)10-2;8-5-1-4(3-10)7(11)6(9)2-5/h3-6H,1-2H3,(H,10,11);1-3,10-11H. The van der Waals surface area contributed by atoms with Gasteiger partial charge in [-0.1, -0.05) is 40.9 Å². The van der Waals surface area contributed by atoms with Crippen LogP contribution >= 0.6 is 23.2 Å². The molecule has 2 aromatic rings. The summed E-state index contributed by atoms with van der Waals surface area (Å²) in [6, 6.07) is 10.4. The summed E-state index contributed by atoms with van der Waals surface area (Å²) >= 11 is 11.2. The predicted molar refractivity (Wildman–Crippen MR) is 90.6 cm³/mol. The van der Waals surface area contributed by atoms with E-state index in [-0.39, 0.29) is 16.7 Å². The number of nitrogens with one attached hydrogen (secondary N) is 2. The van der Waals surface area contributed by atoms with E-state index in [2.05, 4.69) is 5.32 Å². The molecule has 116 valence electrons. The van der Waals surface area contributed by atoms with E-state index >= 15 is 0 Å². The molecule has 0 heterocycles. The van der Waals surface area contributed by atoms with Crippen LogP contribution in [0.25, 0.3) is 0 Å². The van der Waals surface area contributed by atoms with Gasteiger partial charge in [0.2, 0.25) is 0 Å². The normalized spacial score (nSPS) is 9.45. The van der Waals surface area contributed by atoms with E-state index in [4.69, 9.17) is 28.6 Å². The molecule has 0 aliphatic heterocycles. The van der Waals surface area contributed by atoms with E-state index in [0.29, 0.717) is 16.1 Å². The molecule has 0 saturated heterocycles. The fraction of sp³-hybridized carbons (Fsp3) is 0.125. The van der Waals surface area contributed by atoms with E-state index < -0.39 is 0 Å². The van der Waals surface area contributed by atoms with Crippen LogP contribution in [0.15, 0.2) is 36.4 Å². The van der Waals surface area contributed by atoms with Crippen LogP contribution in [0.5, 0.6) is 5.75 Å². The summed E-state index contributed by atoms with van der Waals surface area (Å²) in [5, 5.41) is 19.2. The van der Waals surface area contributed by atoms with Gasteiger partial charge in [0.05, 0.1) is 5.02 Å². The number of phenolic OH excluding ortho intramolecular Hbond substituents is 1. The highest BCUT2D eigenvalue weighted by Crippen LogP contribution is 2.29. The Morgan fingerprint density at radius 3 is 2.32 bits per heavy atom. The van der Waals surface area contributed by atoms with Gasteiger partial charge in [-0.15, -0.1) is 0 Å². The van der Waals surface area contributed by atoms with Gasteiger partial charge < -0.3 is 15.8 Å². The van der Waals surface area contributed by atoms with E-state index in [1.807, 2.05) is 31.2 Å². The Hall–Kier alpha value is -2.04. The van der Waals surface area contributed by atoms with E-state index in [0.717, 1.165) is 11.8 Å². The molecular weight excluding hydrogens is 323 g/mol. The number of carbonyl (C=O) groups excluding carboxylic acids is 1. The smallest absolute Gasteiger partial charge is 0.251 e. The van der Waals surface area contributed by atoms with Gasteiger partial charge in [0.25, 0.3) is 5.91 Å². The number of hydrogen-bond acceptors (Lipinski definition) is 3. The fourth-order valence-corrected chi connectivity index (χ4v) is 2.05. The Bertz CT molecular complexity index is 671. The highest BCUT2D eigenvalue weighted by molar-refractivity contribution is 6.36. The SMILES string of the molecule is CNC(=O)c1ccc(C)cc1.N=Cc1cc(Cl)cc(Cl)c1O. The lowest BCUT2D eigenvalue weighted by atomic mass is 10.1. The van der Waals surface area contributed by atoms with Gasteiger partial charge in [-0.3, -0.25) is 4.79 Å². The lowest BCUT2D eigenvalue weighted by Crippen LogP contribution is -2.17. The zero-order chi connectivity index (χ0) is 16.7. The van der Waals surface area contributed by atoms with Gasteiger partial charge in [-0.05, 0) is 31.2 Å². The van der Waals surface area contributed by atoms with Gasteiger partial charge >= 0.3 is 0 Å². The van der Waals surface area contributed by atoms with Crippen molar-refractivity contribution >= 4 is 35.3 Å². The summed E-state index contributed by atoms with van der Waals surface area (Å²) < 4.78 is 0. The summed E-state index contributed by atoms with van der Waals surface area (Å²) in [5.74, 6) is -0.143. The number of halogens is 2. The van der Waals surface area contributed by atoms with Crippen LogP contribution < -0.4 is 5.32 Å². The summed E-state index contributed by atoms with van der Waals surface area (Å²) in [5.41, 5.74) is 2.19. The van der Waals surface area contributed by atoms with Crippen molar-refractivity contribution in [2.45, 2.75) is 6.92 Å². The first kappa shape index (κ1) is 18.0. The summed E-state index contributed by atoms with van der Waals surface area (Å²) in [6.45, 7) is 1.99. The number of aromatic hydroxyl groups is 1. The van der Waals surface area contributed by atoms with E-state index in [9.17, 15) is 9.90 Å². The number of phenols is 1. The van der Waals surface area contributed by atoms with Crippen LogP contribution in [-0.2, 0) is 0 Å². The first-order valence-electron chi connectivity index (χ1n) is 6.36. The first-order valence-corrected chi connectivity index (χ1v) is 7.12. The van der Waals surface area contributed by atoms with Crippen LogP contribution in [0.3, 0.4) is 0 Å². The maximum atomic E-state index is 11.0. The summed E-state index contributed by atoms with van der Waals surface area (Å²) in [4.78, 5) is 11.0. The van der Waals surface area contributed by atoms with Crippen molar-refractivity contribution in [3.05, 3.63) is 63.1 Å². The Balaban J connectivity index is 0.000000220. The molecule has 0 unspecified atom stereocenters. The molecule has 0 bridgehead atoms. The number of amides is 1. The summed E-state index contributed by atoms with van der Waals surface area (Å²) in [6.07, 6.45) is 0.993. The van der Waals surface area contributed by atoms with Crippen LogP contribution in [0.4, 0.5) is 0 Å². The maximum Gasteiger partial charge on any atom is 0.251 e. The molecule has 3 N–H and O–H groups in total. The molecule has 2 rings (SSSR count). The molecule has 0 radical (unpaired) electrons. The van der Waals surface area contributed by atoms with Crippen molar-refractivity contribution in [1.29, 1.82) is 5.41 Å². The molecule has 2 aromatic carbocycles. The number of hydrogen-bond donors (Lipinski definition) is 3. The van der Waals surface area contributed by atoms with Crippen molar-refractivity contribution in [3.63, 3.8) is 0 Å². The van der Waals surface area contributed by atoms with Crippen molar-refractivity contribution in [2.75, 3.05) is 7.05 Å². The number of benzene rings is 2. The molecule has 6 heteroatoms. The van der Waals surface area contributed by atoms with Gasteiger partial charge in [0, 0.05) is 29.4 Å². The number of rotatable bonds is 2. The lowest BCUT2D eigenvalue weighted by Gasteiger charge is -2.00. The molecule has 1 amide bonds. The number of aryl methyl sites for hydroxylation is 1. The molecular formula is C16H16Cl2N2O2. The van der Waals surface area contributed by atoms with Crippen molar-refractivity contribution < 1.29 is 9.90 Å². The second kappa shape index (κ2) is 8.41. The molecule has 0 aliphatic rings. The van der Waals surface area contributed by atoms with Crippen molar-refractivity contribution in [1.82, 2.24) is 5.32 Å². The largest absolute Gasteiger partial charge is 0.506 e. The molecule has 0 fully saturated rings. The number of carbonyl (C=O) groups is 1. The fourth-order valence-electron chi connectivity index (χ4n) is 1.55. The van der Waals surface area contributed by atoms with Gasteiger partial charge in [-0.2, -0.15) is 0 Å². The van der Waals surface area contributed by atoms with Gasteiger partial charge in [0.15, 0.2) is 0 Å². The summed E-state index contributed by atoms with van der Waals surface area (Å²) in [7, 11) is 1.63. The van der Waals surface area contributed by atoms with E-state index in [1.165, 1.54) is 12.1 Å². The molecule has 0 spiro atoms. The zero-order valence-electron chi connectivity index (χ0n) is 12.2. The minimum Gasteiger partial charge on any atom is -0.506 e. The third-order valence-electron chi connectivity index (χ3n) is 2.75. The second-order valence-electron chi connectivity index (χ2n) is 4.41. The average molecular weight is 339 g/mol. The van der Waals surface area contributed by atoms with Crippen LogP contribution in [0.1, 0.15) is 21.5 Å². The van der Waals surface area contributed by atoms with Crippen molar-refractivity contribution in [2.24, 2.45) is 0 Å². The van der Waals surface area contributed by atoms with E-state index in [1.54, 1.807) is 7.05 Å². The Kier molecular flexibility index (Phi) is 6.89. The second-order valence-corrected chi connectivity index (χ2v) is 5.26. The van der Waals surface area contributed by atoms with Crippen LogP contribution in [-0.4, -0.2) is 24.3 Å². The molecule has 4 nitrogen and oxygen atoms in total. The Morgan fingerprint density at radius 2 is 1.82 bits per heavy atom. The third kappa shape index (κ3) is 5.06. The minimum atomic E-state index is -0.105. The molecule has 0 atom stereocenters. The molecule has 0 saturated carbocycles. The lowest BCUT2D eigenvalue weighted by molar-refractivity contribution is 0.0963. The first-order chi connectivity index (χ1) is 10.4. The third-order valence-corrected chi connectivity index (χ3v) is 3.26.